The molecule has 0 atom stereocenters. The highest BCUT2D eigenvalue weighted by Crippen LogP contribution is 2.17. The fourth-order valence-corrected chi connectivity index (χ4v) is 1.11. The van der Waals surface area contributed by atoms with Gasteiger partial charge in [0.15, 0.2) is 0 Å². The molecule has 0 bridgehead atoms. The van der Waals surface area contributed by atoms with E-state index in [4.69, 9.17) is 0 Å². The van der Waals surface area contributed by atoms with Crippen LogP contribution in [0, 0.1) is 10.1 Å². The topological polar surface area (TPSA) is 60.2 Å². The summed E-state index contributed by atoms with van der Waals surface area (Å²) < 4.78 is 0. The van der Waals surface area contributed by atoms with Crippen molar-refractivity contribution in [1.29, 1.82) is 0 Å². The molecule has 0 N–H and O–H groups in total. The van der Waals surface area contributed by atoms with Crippen molar-refractivity contribution >= 4 is 11.5 Å². The normalized spacial score (nSPS) is 9.62. The summed E-state index contributed by atoms with van der Waals surface area (Å²) in [5.41, 5.74) is 0.484. The molecular weight excluding hydrogens is 170 g/mol. The summed E-state index contributed by atoms with van der Waals surface area (Å²) in [7, 11) is 0. The molecule has 1 aromatic rings. The molecule has 68 valence electrons. The molecule has 1 aromatic carbocycles. The minimum Gasteiger partial charge on any atom is -0.300 e. The largest absolute Gasteiger partial charge is 0.300 e. The van der Waals surface area contributed by atoms with Crippen molar-refractivity contribution in [3.05, 3.63) is 39.9 Å². The van der Waals surface area contributed by atoms with Gasteiger partial charge >= 0.3 is 0 Å². The molecule has 13 heavy (non-hydrogen) atoms. The maximum absolute atomic E-state index is 10.8. The predicted octanol–water partition coefficient (Wildman–Crippen LogP) is 1.73. The Labute approximate surface area is 75.3 Å². The number of nitro groups is 1. The second kappa shape index (κ2) is 3.80. The van der Waals surface area contributed by atoms with Gasteiger partial charge in [0, 0.05) is 18.1 Å². The molecule has 4 nitrogen and oxygen atoms in total. The number of para-hydroxylation sites is 1. The first-order valence-electron chi connectivity index (χ1n) is 3.83. The number of hydrogen-bond acceptors (Lipinski definition) is 3. The number of carbonyl (C=O) groups excluding carboxylic acids is 1. The van der Waals surface area contributed by atoms with Gasteiger partial charge in [-0.05, 0) is 6.92 Å². The van der Waals surface area contributed by atoms with E-state index in [1.54, 1.807) is 18.2 Å². The summed E-state index contributed by atoms with van der Waals surface area (Å²) in [4.78, 5) is 20.8. The van der Waals surface area contributed by atoms with E-state index in [0.717, 1.165) is 0 Å². The molecule has 0 heterocycles. The minimum atomic E-state index is -0.474. The third kappa shape index (κ3) is 2.37. The van der Waals surface area contributed by atoms with Gasteiger partial charge in [-0.3, -0.25) is 14.9 Å². The Balaban J connectivity index is 3.04. The summed E-state index contributed by atoms with van der Waals surface area (Å²) in [6, 6.07) is 6.27. The van der Waals surface area contributed by atoms with E-state index in [2.05, 4.69) is 0 Å². The number of nitro benzene ring substituents is 1. The zero-order chi connectivity index (χ0) is 9.84. The number of Topliss-reactive ketones (excluding diaryl/α,β-unsaturated/α-hetero) is 1. The Morgan fingerprint density at radius 1 is 1.46 bits per heavy atom. The number of benzene rings is 1. The number of hydrogen-bond donors (Lipinski definition) is 0. The van der Waals surface area contributed by atoms with E-state index in [9.17, 15) is 14.9 Å². The number of ketones is 1. The second-order valence-corrected chi connectivity index (χ2v) is 2.76. The van der Waals surface area contributed by atoms with Gasteiger partial charge in [0.1, 0.15) is 5.78 Å². The van der Waals surface area contributed by atoms with E-state index in [1.807, 2.05) is 0 Å². The van der Waals surface area contributed by atoms with E-state index < -0.39 is 4.92 Å². The van der Waals surface area contributed by atoms with Crippen LogP contribution in [0.2, 0.25) is 0 Å². The van der Waals surface area contributed by atoms with Gasteiger partial charge in [0.25, 0.3) is 5.69 Å². The molecule has 0 aliphatic carbocycles. The van der Waals surface area contributed by atoms with Crippen LogP contribution in [0.4, 0.5) is 5.69 Å². The Kier molecular flexibility index (Phi) is 2.74. The van der Waals surface area contributed by atoms with Crippen molar-refractivity contribution in [1.82, 2.24) is 0 Å². The maximum atomic E-state index is 10.8. The molecule has 0 amide bonds. The van der Waals surface area contributed by atoms with Gasteiger partial charge in [-0.15, -0.1) is 0 Å². The van der Waals surface area contributed by atoms with Crippen LogP contribution < -0.4 is 0 Å². The lowest BCUT2D eigenvalue weighted by Gasteiger charge is -1.98. The van der Waals surface area contributed by atoms with Gasteiger partial charge in [-0.1, -0.05) is 18.2 Å². The predicted molar refractivity (Wildman–Crippen MR) is 47.5 cm³/mol. The summed E-state index contributed by atoms with van der Waals surface area (Å²) in [6.45, 7) is 1.41. The van der Waals surface area contributed by atoms with Crippen LogP contribution in [0.3, 0.4) is 0 Å². The van der Waals surface area contributed by atoms with Crippen molar-refractivity contribution < 1.29 is 9.72 Å². The van der Waals surface area contributed by atoms with Gasteiger partial charge < -0.3 is 0 Å². The van der Waals surface area contributed by atoms with Crippen molar-refractivity contribution in [2.75, 3.05) is 0 Å². The van der Waals surface area contributed by atoms with Crippen LogP contribution in [-0.4, -0.2) is 10.7 Å². The van der Waals surface area contributed by atoms with E-state index in [1.165, 1.54) is 13.0 Å². The molecule has 0 spiro atoms. The quantitative estimate of drug-likeness (QED) is 0.524. The minimum absolute atomic E-state index is 0.0118. The molecule has 0 aliphatic rings. The Hall–Kier alpha value is -1.71. The highest BCUT2D eigenvalue weighted by molar-refractivity contribution is 5.79. The van der Waals surface area contributed by atoms with Crippen LogP contribution in [0.5, 0.6) is 0 Å². The fourth-order valence-electron chi connectivity index (χ4n) is 1.11. The second-order valence-electron chi connectivity index (χ2n) is 2.76. The Bertz CT molecular complexity index is 346. The van der Waals surface area contributed by atoms with Crippen LogP contribution >= 0.6 is 0 Å². The first-order chi connectivity index (χ1) is 6.11. The highest BCUT2D eigenvalue weighted by Gasteiger charge is 2.12. The van der Waals surface area contributed by atoms with Crippen LogP contribution in [0.1, 0.15) is 12.5 Å². The van der Waals surface area contributed by atoms with Crippen molar-refractivity contribution in [3.8, 4) is 0 Å². The summed E-state index contributed by atoms with van der Waals surface area (Å²) in [5.74, 6) is -0.0747. The molecule has 0 saturated heterocycles. The molecule has 0 aromatic heterocycles. The van der Waals surface area contributed by atoms with E-state index >= 15 is 0 Å². The third-order valence-corrected chi connectivity index (χ3v) is 1.63. The van der Waals surface area contributed by atoms with Crippen molar-refractivity contribution in [2.24, 2.45) is 0 Å². The summed E-state index contributed by atoms with van der Waals surface area (Å²) in [6.07, 6.45) is 0.122. The molecule has 0 radical (unpaired) electrons. The smallest absolute Gasteiger partial charge is 0.273 e. The van der Waals surface area contributed by atoms with E-state index in [-0.39, 0.29) is 17.9 Å². The third-order valence-electron chi connectivity index (χ3n) is 1.63. The monoisotopic (exact) mass is 179 g/mol. The number of rotatable bonds is 3. The lowest BCUT2D eigenvalue weighted by Crippen LogP contribution is -2.00. The van der Waals surface area contributed by atoms with Crippen LogP contribution in [0.15, 0.2) is 24.3 Å². The van der Waals surface area contributed by atoms with Gasteiger partial charge in [0.2, 0.25) is 0 Å². The molecule has 0 aliphatic heterocycles. The van der Waals surface area contributed by atoms with E-state index in [0.29, 0.717) is 5.56 Å². The number of carbonyl (C=O) groups is 1. The van der Waals surface area contributed by atoms with Crippen LogP contribution in [-0.2, 0) is 11.2 Å². The average Bonchev–Trinajstić information content (AvgIpc) is 2.03. The summed E-state index contributed by atoms with van der Waals surface area (Å²) in [5, 5.41) is 10.5. The molecule has 0 unspecified atom stereocenters. The Morgan fingerprint density at radius 2 is 2.08 bits per heavy atom. The molecule has 0 saturated carbocycles. The van der Waals surface area contributed by atoms with Crippen LogP contribution in [0.25, 0.3) is 0 Å². The zero-order valence-corrected chi connectivity index (χ0v) is 7.19. The fraction of sp³-hybridized carbons (Fsp3) is 0.222. The molecule has 0 fully saturated rings. The summed E-state index contributed by atoms with van der Waals surface area (Å²) >= 11 is 0. The zero-order valence-electron chi connectivity index (χ0n) is 7.19. The molecule has 4 heteroatoms. The van der Waals surface area contributed by atoms with Crippen molar-refractivity contribution in [3.63, 3.8) is 0 Å². The number of nitrogens with zero attached hydrogens (tertiary/aromatic N) is 1. The first-order valence-corrected chi connectivity index (χ1v) is 3.83. The lowest BCUT2D eigenvalue weighted by atomic mass is 10.1. The molecule has 1 rings (SSSR count). The van der Waals surface area contributed by atoms with Gasteiger partial charge in [-0.2, -0.15) is 0 Å². The SMILES string of the molecule is CC(=O)Cc1ccccc1[N+](=O)[O-]. The van der Waals surface area contributed by atoms with Gasteiger partial charge in [-0.25, -0.2) is 0 Å². The standard InChI is InChI=1S/C9H9NO3/c1-7(11)6-8-4-2-3-5-9(8)10(12)13/h2-5H,6H2,1H3. The maximum Gasteiger partial charge on any atom is 0.273 e. The lowest BCUT2D eigenvalue weighted by molar-refractivity contribution is -0.385. The first kappa shape index (κ1) is 9.38. The molecular formula is C9H9NO3. The average molecular weight is 179 g/mol. The van der Waals surface area contributed by atoms with Crippen molar-refractivity contribution in [2.45, 2.75) is 13.3 Å². The highest BCUT2D eigenvalue weighted by atomic mass is 16.6. The van der Waals surface area contributed by atoms with Gasteiger partial charge in [0.05, 0.1) is 4.92 Å². The Morgan fingerprint density at radius 3 is 2.62 bits per heavy atom.